The monoisotopic (exact) mass is 476 g/mol. The molecule has 0 spiro atoms. The van der Waals surface area contributed by atoms with Crippen LogP contribution in [0.1, 0.15) is 56.9 Å². The molecule has 1 aromatic heterocycles. The van der Waals surface area contributed by atoms with Gasteiger partial charge in [0.2, 0.25) is 12.4 Å². The lowest BCUT2D eigenvalue weighted by molar-refractivity contribution is -0.239. The molecule has 0 radical (unpaired) electrons. The van der Waals surface area contributed by atoms with Gasteiger partial charge in [-0.15, -0.1) is 5.92 Å². The number of alkyl halides is 3. The molecule has 12 heteroatoms. The number of rotatable bonds is 7. The first-order valence-electron chi connectivity index (χ1n) is 10.6. The van der Waals surface area contributed by atoms with Crippen LogP contribution in [0.5, 0.6) is 0 Å². The number of aromatic nitrogens is 2. The first-order chi connectivity index (χ1) is 15.3. The number of hydrogen-bond acceptors (Lipinski definition) is 8. The zero-order valence-electron chi connectivity index (χ0n) is 19.4. The predicted octanol–water partition coefficient (Wildman–Crippen LogP) is 1.89. The van der Waals surface area contributed by atoms with E-state index in [0.29, 0.717) is 13.1 Å². The van der Waals surface area contributed by atoms with Crippen LogP contribution in [0.2, 0.25) is 0 Å². The maximum atomic E-state index is 13.3. The highest BCUT2D eigenvalue weighted by atomic mass is 19.4. The van der Waals surface area contributed by atoms with Gasteiger partial charge in [0.25, 0.3) is 0 Å². The molecule has 2 N–H and O–H groups in total. The zero-order valence-corrected chi connectivity index (χ0v) is 19.4. The fourth-order valence-electron chi connectivity index (χ4n) is 3.30. The second-order valence-electron chi connectivity index (χ2n) is 8.40. The van der Waals surface area contributed by atoms with Gasteiger partial charge in [-0.2, -0.15) is 13.2 Å². The van der Waals surface area contributed by atoms with Gasteiger partial charge in [-0.1, -0.05) is 5.92 Å². The lowest BCUT2D eigenvalue weighted by Crippen LogP contribution is -2.53. The van der Waals surface area contributed by atoms with Crippen molar-refractivity contribution < 1.29 is 37.7 Å². The second kappa shape index (κ2) is 10.7. The molecule has 1 saturated heterocycles. The molecule has 1 aliphatic heterocycles. The number of aliphatic hydroxyl groups excluding tert-OH is 2. The molecule has 2 heterocycles. The predicted molar refractivity (Wildman–Crippen MR) is 113 cm³/mol. The highest BCUT2D eigenvalue weighted by Gasteiger charge is 2.45. The number of nitrogens with zero attached hydrogens (tertiary/aromatic N) is 4. The van der Waals surface area contributed by atoms with Crippen LogP contribution in [0.3, 0.4) is 0 Å². The molecule has 9 nitrogen and oxygen atoms in total. The molecule has 0 amide bonds. The third-order valence-corrected chi connectivity index (χ3v) is 4.79. The molecule has 0 aromatic carbocycles. The summed E-state index contributed by atoms with van der Waals surface area (Å²) in [4.78, 5) is 19.9. The largest absolute Gasteiger partial charge is 0.461 e. The molecule has 0 aliphatic carbocycles. The first kappa shape index (κ1) is 26.9. The number of esters is 1. The topological polar surface area (TPSA) is 100 Å². The van der Waals surface area contributed by atoms with Crippen molar-refractivity contribution in [2.75, 3.05) is 37.7 Å². The maximum Gasteiger partial charge on any atom is 0.420 e. The Balaban J connectivity index is 2.41. The van der Waals surface area contributed by atoms with E-state index in [4.69, 9.17) is 9.47 Å². The van der Waals surface area contributed by atoms with Gasteiger partial charge in [0.05, 0.1) is 18.8 Å². The summed E-state index contributed by atoms with van der Waals surface area (Å²) in [5, 5.41) is 20.2. The SMILES string of the molecule is CC#CCn1c(N2CCN(C(O)OC(C)(C)C)CC2)nc(C(O)C(F)(F)F)c1C(=O)OCC. The first-order valence-corrected chi connectivity index (χ1v) is 10.6. The van der Waals surface area contributed by atoms with Gasteiger partial charge in [0, 0.05) is 26.2 Å². The molecule has 186 valence electrons. The summed E-state index contributed by atoms with van der Waals surface area (Å²) in [7, 11) is 0. The van der Waals surface area contributed by atoms with E-state index in [1.165, 1.54) is 11.5 Å². The molecule has 2 unspecified atom stereocenters. The van der Waals surface area contributed by atoms with Crippen molar-refractivity contribution in [3.63, 3.8) is 0 Å². The number of aliphatic hydroxyl groups is 2. The molecular weight excluding hydrogens is 445 g/mol. The van der Waals surface area contributed by atoms with Crippen LogP contribution >= 0.6 is 0 Å². The van der Waals surface area contributed by atoms with Gasteiger partial charge < -0.3 is 24.6 Å². The van der Waals surface area contributed by atoms with Gasteiger partial charge in [0.15, 0.2) is 11.8 Å². The Kier molecular flexibility index (Phi) is 8.75. The highest BCUT2D eigenvalue weighted by molar-refractivity contribution is 5.90. The number of carbonyl (C=O) groups excluding carboxylic acids is 1. The molecular formula is C21H31F3N4O5. The Morgan fingerprint density at radius 1 is 1.18 bits per heavy atom. The van der Waals surface area contributed by atoms with E-state index >= 15 is 0 Å². The third-order valence-electron chi connectivity index (χ3n) is 4.79. The highest BCUT2D eigenvalue weighted by Crippen LogP contribution is 2.36. The quantitative estimate of drug-likeness (QED) is 0.350. The summed E-state index contributed by atoms with van der Waals surface area (Å²) in [6.45, 7) is 9.54. The summed E-state index contributed by atoms with van der Waals surface area (Å²) in [6, 6.07) is 0. The van der Waals surface area contributed by atoms with Crippen molar-refractivity contribution in [3.8, 4) is 11.8 Å². The van der Waals surface area contributed by atoms with Crippen LogP contribution in [0.25, 0.3) is 0 Å². The van der Waals surface area contributed by atoms with Crippen molar-refractivity contribution in [1.29, 1.82) is 0 Å². The summed E-state index contributed by atoms with van der Waals surface area (Å²) in [5.41, 5.74) is -1.88. The third kappa shape index (κ3) is 6.83. The number of ether oxygens (including phenoxy) is 2. The summed E-state index contributed by atoms with van der Waals surface area (Å²) in [6.07, 6.45) is -9.13. The average Bonchev–Trinajstić information content (AvgIpc) is 3.09. The normalized spacial score (nSPS) is 17.3. The van der Waals surface area contributed by atoms with Crippen molar-refractivity contribution in [1.82, 2.24) is 14.5 Å². The van der Waals surface area contributed by atoms with Crippen LogP contribution in [-0.2, 0) is 16.0 Å². The Labute approximate surface area is 191 Å². The Morgan fingerprint density at radius 2 is 1.79 bits per heavy atom. The minimum Gasteiger partial charge on any atom is -0.461 e. The van der Waals surface area contributed by atoms with Crippen LogP contribution in [-0.4, -0.2) is 81.6 Å². The lowest BCUT2D eigenvalue weighted by atomic mass is 10.2. The van der Waals surface area contributed by atoms with E-state index in [2.05, 4.69) is 16.8 Å². The van der Waals surface area contributed by atoms with Crippen LogP contribution in [0.4, 0.5) is 19.1 Å². The van der Waals surface area contributed by atoms with Gasteiger partial charge in [-0.3, -0.25) is 9.47 Å². The van der Waals surface area contributed by atoms with Crippen molar-refractivity contribution >= 4 is 11.9 Å². The fourth-order valence-corrected chi connectivity index (χ4v) is 3.30. The molecule has 0 bridgehead atoms. The van der Waals surface area contributed by atoms with Gasteiger partial charge in [0.1, 0.15) is 5.69 Å². The fraction of sp³-hybridized carbons (Fsp3) is 0.714. The molecule has 1 fully saturated rings. The van der Waals surface area contributed by atoms with Gasteiger partial charge >= 0.3 is 12.1 Å². The Hall–Kier alpha value is -2.33. The van der Waals surface area contributed by atoms with Crippen LogP contribution in [0.15, 0.2) is 0 Å². The van der Waals surface area contributed by atoms with E-state index < -0.39 is 41.7 Å². The van der Waals surface area contributed by atoms with Crippen molar-refractivity contribution in [2.45, 2.75) is 65.5 Å². The summed E-state index contributed by atoms with van der Waals surface area (Å²) < 4.78 is 51.7. The molecule has 1 aliphatic rings. The van der Waals surface area contributed by atoms with E-state index in [1.807, 2.05) is 20.8 Å². The van der Waals surface area contributed by atoms with Crippen LogP contribution < -0.4 is 4.90 Å². The summed E-state index contributed by atoms with van der Waals surface area (Å²) in [5.74, 6) is 4.41. The number of carbonyl (C=O) groups is 1. The number of hydrogen-bond donors (Lipinski definition) is 2. The number of anilines is 1. The number of halogens is 3. The minimum absolute atomic E-state index is 0.0602. The smallest absolute Gasteiger partial charge is 0.420 e. The van der Waals surface area contributed by atoms with E-state index in [1.54, 1.807) is 16.7 Å². The Morgan fingerprint density at radius 3 is 2.27 bits per heavy atom. The molecule has 0 saturated carbocycles. The number of imidazole rings is 1. The van der Waals surface area contributed by atoms with Crippen molar-refractivity contribution in [3.05, 3.63) is 11.4 Å². The van der Waals surface area contributed by atoms with Gasteiger partial charge in [-0.25, -0.2) is 9.78 Å². The average molecular weight is 476 g/mol. The van der Waals surface area contributed by atoms with E-state index in [9.17, 15) is 28.2 Å². The van der Waals surface area contributed by atoms with Crippen LogP contribution in [0, 0.1) is 11.8 Å². The summed E-state index contributed by atoms with van der Waals surface area (Å²) >= 11 is 0. The minimum atomic E-state index is -5.03. The van der Waals surface area contributed by atoms with Crippen molar-refractivity contribution in [2.24, 2.45) is 0 Å². The molecule has 2 rings (SSSR count). The Bertz CT molecular complexity index is 877. The second-order valence-corrected chi connectivity index (χ2v) is 8.40. The molecule has 1 aromatic rings. The molecule has 33 heavy (non-hydrogen) atoms. The maximum absolute atomic E-state index is 13.3. The van der Waals surface area contributed by atoms with Gasteiger partial charge in [-0.05, 0) is 34.6 Å². The van der Waals surface area contributed by atoms with E-state index in [-0.39, 0.29) is 32.2 Å². The number of piperazine rings is 1. The lowest BCUT2D eigenvalue weighted by Gasteiger charge is -2.39. The van der Waals surface area contributed by atoms with E-state index in [0.717, 1.165) is 0 Å². The molecule has 2 atom stereocenters. The zero-order chi connectivity index (χ0) is 25.0. The standard InChI is InChI=1S/C21H31F3N4O5/c1-6-8-9-28-15(17(30)32-7-2)14(16(29)21(22,23)24)25-18(28)26-10-12-27(13-11-26)19(31)33-20(3,4)5/h16,19,29,31H,7,9-13H2,1-5H3.